The fraction of sp³-hybridized carbons (Fsp3) is 0.513. The molecule has 2 bridgehead atoms. The van der Waals surface area contributed by atoms with Crippen molar-refractivity contribution in [3.05, 3.63) is 59.3 Å². The Balaban J connectivity index is 1.51. The van der Waals surface area contributed by atoms with Gasteiger partial charge < -0.3 is 45.7 Å². The number of nitrogens with one attached hydrogen (secondary N) is 5. The quantitative estimate of drug-likeness (QED) is 0.216. The minimum absolute atomic E-state index is 0.0517. The van der Waals surface area contributed by atoms with Crippen LogP contribution in [-0.2, 0) is 25.6 Å². The lowest BCUT2D eigenvalue weighted by molar-refractivity contribution is -0.134. The second-order valence-electron chi connectivity index (χ2n) is 14.0. The maximum atomic E-state index is 13.7. The molecule has 5 rings (SSSR count). The number of aliphatic hydroxyl groups excluding tert-OH is 1. The first-order valence-electron chi connectivity index (χ1n) is 18.3. The Labute approximate surface area is 310 Å². The second kappa shape index (κ2) is 19.6. The van der Waals surface area contributed by atoms with E-state index in [9.17, 15) is 29.1 Å². The van der Waals surface area contributed by atoms with Crippen LogP contribution in [0.2, 0.25) is 0 Å². The average Bonchev–Trinajstić information content (AvgIpc) is 3.54. The van der Waals surface area contributed by atoms with E-state index >= 15 is 0 Å². The summed E-state index contributed by atoms with van der Waals surface area (Å²) in [6.07, 6.45) is 1.12. The molecule has 2 aromatic carbocycles. The number of ether oxygens (including phenoxy) is 2. The van der Waals surface area contributed by atoms with Crippen molar-refractivity contribution in [1.29, 1.82) is 0 Å². The number of hydrogen-bond donors (Lipinski definition) is 6. The number of carbonyl (C=O) groups is 5. The molecular formula is C39H54N6O8. The minimum Gasteiger partial charge on any atom is -0.493 e. The third kappa shape index (κ3) is 12.2. The summed E-state index contributed by atoms with van der Waals surface area (Å²) < 4.78 is 11.2. The molecule has 14 heteroatoms. The largest absolute Gasteiger partial charge is 0.493 e. The van der Waals surface area contributed by atoms with Crippen molar-refractivity contribution in [3.8, 4) is 11.5 Å². The summed E-state index contributed by atoms with van der Waals surface area (Å²) >= 11 is 0. The summed E-state index contributed by atoms with van der Waals surface area (Å²) in [5.74, 6) is -1.16. The SMILES string of the molecule is COc1cc2ccc1OCC(=O)NCCCN(C(=O)c1cc3cc(C)ccc3[nH]1)CCCCNC(=O)[C@H]([C@@H](C)O)NC(=O)[C@@H](CC(C)C)NC(=O)CC2. The number of aromatic nitrogens is 1. The highest BCUT2D eigenvalue weighted by molar-refractivity contribution is 5.98. The molecule has 1 aromatic heterocycles. The van der Waals surface area contributed by atoms with Gasteiger partial charge in [0.05, 0.1) is 13.2 Å². The fourth-order valence-electron chi connectivity index (χ4n) is 6.17. The molecule has 5 amide bonds. The first kappa shape index (κ1) is 40.7. The van der Waals surface area contributed by atoms with Crippen LogP contribution in [0.1, 0.15) is 74.5 Å². The average molecular weight is 735 g/mol. The van der Waals surface area contributed by atoms with Gasteiger partial charge in [0, 0.05) is 43.5 Å². The van der Waals surface area contributed by atoms with E-state index < -0.39 is 30.0 Å². The van der Waals surface area contributed by atoms with Gasteiger partial charge in [-0.15, -0.1) is 0 Å². The normalized spacial score (nSPS) is 19.9. The van der Waals surface area contributed by atoms with Gasteiger partial charge in [0.1, 0.15) is 17.8 Å². The van der Waals surface area contributed by atoms with Crippen LogP contribution in [0.4, 0.5) is 0 Å². The smallest absolute Gasteiger partial charge is 0.270 e. The number of aromatic amines is 1. The van der Waals surface area contributed by atoms with Gasteiger partial charge in [-0.25, -0.2) is 0 Å². The van der Waals surface area contributed by atoms with Gasteiger partial charge >= 0.3 is 0 Å². The van der Waals surface area contributed by atoms with Crippen molar-refractivity contribution in [2.24, 2.45) is 5.92 Å². The molecule has 0 fully saturated rings. The maximum absolute atomic E-state index is 13.7. The van der Waals surface area contributed by atoms with Gasteiger partial charge in [-0.05, 0) is 87.8 Å². The van der Waals surface area contributed by atoms with Crippen LogP contribution >= 0.6 is 0 Å². The topological polar surface area (TPSA) is 191 Å². The predicted molar refractivity (Wildman–Crippen MR) is 201 cm³/mol. The summed E-state index contributed by atoms with van der Waals surface area (Å²) in [5.41, 5.74) is 3.18. The Bertz CT molecular complexity index is 1740. The molecule has 0 saturated carbocycles. The Hall–Kier alpha value is -5.11. The van der Waals surface area contributed by atoms with E-state index in [1.165, 1.54) is 14.0 Å². The zero-order valence-electron chi connectivity index (χ0n) is 31.4. The molecule has 288 valence electrons. The fourth-order valence-corrected chi connectivity index (χ4v) is 6.17. The van der Waals surface area contributed by atoms with Gasteiger partial charge in [0.2, 0.25) is 17.7 Å². The molecule has 0 radical (unpaired) electrons. The van der Waals surface area contributed by atoms with Crippen LogP contribution < -0.4 is 30.7 Å². The van der Waals surface area contributed by atoms with Crippen molar-refractivity contribution in [2.75, 3.05) is 39.9 Å². The number of fused-ring (bicyclic) bond motifs is 24. The first-order valence-corrected chi connectivity index (χ1v) is 18.3. The Morgan fingerprint density at radius 1 is 0.906 bits per heavy atom. The van der Waals surface area contributed by atoms with E-state index in [1.807, 2.05) is 45.0 Å². The van der Waals surface area contributed by atoms with E-state index in [0.29, 0.717) is 68.9 Å². The molecule has 0 unspecified atom stereocenters. The number of hydrogen-bond acceptors (Lipinski definition) is 8. The van der Waals surface area contributed by atoms with Crippen molar-refractivity contribution in [3.63, 3.8) is 0 Å². The molecular weight excluding hydrogens is 680 g/mol. The number of methoxy groups -OCH3 is 1. The molecule has 2 aliphatic rings. The van der Waals surface area contributed by atoms with Crippen LogP contribution in [-0.4, -0.2) is 103 Å². The highest BCUT2D eigenvalue weighted by Gasteiger charge is 2.30. The predicted octanol–water partition coefficient (Wildman–Crippen LogP) is 2.75. The molecule has 0 saturated heterocycles. The number of aliphatic hydroxyl groups is 1. The highest BCUT2D eigenvalue weighted by atomic mass is 16.5. The zero-order valence-corrected chi connectivity index (χ0v) is 31.4. The van der Waals surface area contributed by atoms with Gasteiger partial charge in [-0.3, -0.25) is 24.0 Å². The van der Waals surface area contributed by atoms with Gasteiger partial charge in [-0.1, -0.05) is 31.5 Å². The van der Waals surface area contributed by atoms with Crippen molar-refractivity contribution >= 4 is 40.4 Å². The summed E-state index contributed by atoms with van der Waals surface area (Å²) in [7, 11) is 1.48. The maximum Gasteiger partial charge on any atom is 0.270 e. The van der Waals surface area contributed by atoms with E-state index in [1.54, 1.807) is 23.1 Å². The molecule has 53 heavy (non-hydrogen) atoms. The molecule has 3 aromatic rings. The lowest BCUT2D eigenvalue weighted by Gasteiger charge is -2.26. The third-order valence-corrected chi connectivity index (χ3v) is 9.02. The summed E-state index contributed by atoms with van der Waals surface area (Å²) in [5, 5.41) is 22.5. The number of rotatable bonds is 5. The number of aryl methyl sites for hydroxylation is 2. The molecule has 14 nitrogen and oxygen atoms in total. The lowest BCUT2D eigenvalue weighted by atomic mass is 10.0. The monoisotopic (exact) mass is 734 g/mol. The van der Waals surface area contributed by atoms with Crippen LogP contribution in [0.15, 0.2) is 42.5 Å². The number of H-pyrrole nitrogens is 1. The van der Waals surface area contributed by atoms with Gasteiger partial charge in [0.25, 0.3) is 11.8 Å². The van der Waals surface area contributed by atoms with Gasteiger partial charge in [-0.2, -0.15) is 0 Å². The number of amides is 5. The summed E-state index contributed by atoms with van der Waals surface area (Å²) in [6, 6.07) is 10.8. The molecule has 0 aliphatic carbocycles. The van der Waals surface area contributed by atoms with Crippen molar-refractivity contribution in [1.82, 2.24) is 31.2 Å². The Kier molecular flexibility index (Phi) is 15.1. The summed E-state index contributed by atoms with van der Waals surface area (Å²) in [4.78, 5) is 70.9. The number of nitrogens with zero attached hydrogens (tertiary/aromatic N) is 1. The van der Waals surface area contributed by atoms with Crippen molar-refractivity contribution in [2.45, 2.75) is 84.4 Å². The van der Waals surface area contributed by atoms with Crippen LogP contribution in [0, 0.1) is 12.8 Å². The van der Waals surface area contributed by atoms with Gasteiger partial charge in [0.15, 0.2) is 18.1 Å². The number of benzene rings is 2. The lowest BCUT2D eigenvalue weighted by Crippen LogP contribution is -2.57. The standard InChI is InChI=1S/C39H54N6O8/c1-24(2)19-30-37(49)44-36(26(4)46)38(50)41-15-6-7-17-45(39(51)31-22-28-20-25(3)9-12-29(28)42-31)18-8-16-40-35(48)23-53-32-13-10-27(21-33(32)52-5)11-14-34(47)43-30/h9-10,12-13,20-22,24,26,30,36,42,46H,6-8,11,14-19,23H2,1-5H3,(H,40,48)(H,41,50)(H,43,47)(H,44,49)/t26-,30-,36+/m1/s1. The number of carbonyl (C=O) groups excluding carboxylic acids is 5. The van der Waals surface area contributed by atoms with Crippen LogP contribution in [0.25, 0.3) is 10.9 Å². The van der Waals surface area contributed by atoms with E-state index in [2.05, 4.69) is 26.3 Å². The van der Waals surface area contributed by atoms with Crippen LogP contribution in [0.5, 0.6) is 11.5 Å². The van der Waals surface area contributed by atoms with Crippen molar-refractivity contribution < 1.29 is 38.6 Å². The zero-order chi connectivity index (χ0) is 38.5. The Morgan fingerprint density at radius 2 is 1.66 bits per heavy atom. The van der Waals surface area contributed by atoms with Crippen LogP contribution in [0.3, 0.4) is 0 Å². The molecule has 3 atom stereocenters. The first-order chi connectivity index (χ1) is 25.3. The third-order valence-electron chi connectivity index (χ3n) is 9.02. The second-order valence-corrected chi connectivity index (χ2v) is 14.0. The minimum atomic E-state index is -1.24. The Morgan fingerprint density at radius 3 is 2.40 bits per heavy atom. The summed E-state index contributed by atoms with van der Waals surface area (Å²) in [6.45, 7) is 8.34. The van der Waals surface area contributed by atoms with E-state index in [-0.39, 0.29) is 43.2 Å². The molecule has 6 N–H and O–H groups in total. The van der Waals surface area contributed by atoms with E-state index in [4.69, 9.17) is 9.47 Å². The highest BCUT2D eigenvalue weighted by Crippen LogP contribution is 2.28. The molecule has 3 heterocycles. The molecule has 0 spiro atoms. The van der Waals surface area contributed by atoms with E-state index in [0.717, 1.165) is 22.0 Å². The molecule has 2 aliphatic heterocycles.